The van der Waals surface area contributed by atoms with Gasteiger partial charge in [0.1, 0.15) is 0 Å². The Bertz CT molecular complexity index is 515. The summed E-state index contributed by atoms with van der Waals surface area (Å²) in [4.78, 5) is 10.6. The van der Waals surface area contributed by atoms with E-state index in [1.807, 2.05) is 31.4 Å². The fourth-order valence-corrected chi connectivity index (χ4v) is 1.83. The molecule has 0 aliphatic carbocycles. The number of aromatic nitrogens is 2. The highest BCUT2D eigenvalue weighted by Crippen LogP contribution is 2.23. The summed E-state index contributed by atoms with van der Waals surface area (Å²) in [5, 5.41) is 0. The number of hydrogen-bond donors (Lipinski definition) is 0. The summed E-state index contributed by atoms with van der Waals surface area (Å²) in [5.41, 5.74) is 4.79. The molecule has 3 heteroatoms. The Morgan fingerprint density at radius 1 is 1.00 bits per heavy atom. The maximum absolute atomic E-state index is 4.33. The molecule has 0 saturated carbocycles. The van der Waals surface area contributed by atoms with Crippen LogP contribution >= 0.6 is 0 Å². The van der Waals surface area contributed by atoms with Gasteiger partial charge in [-0.05, 0) is 25.0 Å². The van der Waals surface area contributed by atoms with Crippen molar-refractivity contribution < 1.29 is 0 Å². The third-order valence-corrected chi connectivity index (χ3v) is 2.73. The highest BCUT2D eigenvalue weighted by atomic mass is 15.2. The lowest BCUT2D eigenvalue weighted by atomic mass is 10.0. The summed E-state index contributed by atoms with van der Waals surface area (Å²) in [7, 11) is 3.87. The molecule has 0 unspecified atom stereocenters. The molecule has 0 radical (unpaired) electrons. The average Bonchev–Trinajstić information content (AvgIpc) is 2.29. The average molecular weight is 227 g/mol. The topological polar surface area (TPSA) is 29.0 Å². The summed E-state index contributed by atoms with van der Waals surface area (Å²) < 4.78 is 0. The van der Waals surface area contributed by atoms with E-state index in [1.54, 1.807) is 0 Å². The molecule has 1 aromatic heterocycles. The third-order valence-electron chi connectivity index (χ3n) is 2.73. The second kappa shape index (κ2) is 4.53. The number of anilines is 1. The number of benzene rings is 1. The molecule has 3 nitrogen and oxygen atoms in total. The van der Waals surface area contributed by atoms with Gasteiger partial charge in [0.2, 0.25) is 5.95 Å². The van der Waals surface area contributed by atoms with Crippen LogP contribution in [0.25, 0.3) is 11.1 Å². The minimum Gasteiger partial charge on any atom is -0.347 e. The van der Waals surface area contributed by atoms with Crippen molar-refractivity contribution in [3.05, 3.63) is 41.7 Å². The zero-order valence-electron chi connectivity index (χ0n) is 10.7. The summed E-state index contributed by atoms with van der Waals surface area (Å²) in [6.07, 6.45) is 3.75. The highest BCUT2D eigenvalue weighted by molar-refractivity contribution is 5.66. The number of aryl methyl sites for hydroxylation is 2. The van der Waals surface area contributed by atoms with Crippen molar-refractivity contribution in [3.8, 4) is 11.1 Å². The number of rotatable bonds is 2. The first-order valence-electron chi connectivity index (χ1n) is 5.65. The molecule has 0 N–H and O–H groups in total. The molecule has 2 rings (SSSR count). The van der Waals surface area contributed by atoms with Crippen LogP contribution in [0.5, 0.6) is 0 Å². The van der Waals surface area contributed by atoms with Crippen LogP contribution in [0.2, 0.25) is 0 Å². The predicted octanol–water partition coefficient (Wildman–Crippen LogP) is 2.83. The summed E-state index contributed by atoms with van der Waals surface area (Å²) in [6, 6.07) is 6.41. The molecule has 17 heavy (non-hydrogen) atoms. The second-order valence-corrected chi connectivity index (χ2v) is 4.48. The van der Waals surface area contributed by atoms with Crippen molar-refractivity contribution in [1.82, 2.24) is 9.97 Å². The van der Waals surface area contributed by atoms with Gasteiger partial charge in [0.25, 0.3) is 0 Å². The zero-order valence-corrected chi connectivity index (χ0v) is 10.7. The number of hydrogen-bond acceptors (Lipinski definition) is 3. The molecule has 0 amide bonds. The molecule has 2 aromatic rings. The van der Waals surface area contributed by atoms with Crippen LogP contribution in [0.1, 0.15) is 11.1 Å². The Morgan fingerprint density at radius 3 is 2.18 bits per heavy atom. The van der Waals surface area contributed by atoms with Crippen LogP contribution in [0, 0.1) is 13.8 Å². The maximum atomic E-state index is 4.33. The predicted molar refractivity (Wildman–Crippen MR) is 71.3 cm³/mol. The van der Waals surface area contributed by atoms with E-state index in [0.29, 0.717) is 0 Å². The first-order chi connectivity index (χ1) is 8.08. The van der Waals surface area contributed by atoms with Gasteiger partial charge < -0.3 is 4.90 Å². The van der Waals surface area contributed by atoms with E-state index in [2.05, 4.69) is 42.0 Å². The van der Waals surface area contributed by atoms with Crippen LogP contribution in [0.3, 0.4) is 0 Å². The van der Waals surface area contributed by atoms with Crippen LogP contribution in [-0.2, 0) is 0 Å². The first kappa shape index (κ1) is 11.6. The molecule has 1 heterocycles. The maximum Gasteiger partial charge on any atom is 0.224 e. The van der Waals surface area contributed by atoms with Crippen molar-refractivity contribution in [3.63, 3.8) is 0 Å². The van der Waals surface area contributed by atoms with Gasteiger partial charge in [-0.2, -0.15) is 0 Å². The van der Waals surface area contributed by atoms with E-state index >= 15 is 0 Å². The molecule has 88 valence electrons. The number of nitrogens with zero attached hydrogens (tertiary/aromatic N) is 3. The third kappa shape index (κ3) is 2.44. The Labute approximate surface area is 102 Å². The molecule has 0 bridgehead atoms. The normalized spacial score (nSPS) is 10.4. The highest BCUT2D eigenvalue weighted by Gasteiger charge is 2.04. The van der Waals surface area contributed by atoms with Gasteiger partial charge in [-0.1, -0.05) is 23.8 Å². The largest absolute Gasteiger partial charge is 0.347 e. The lowest BCUT2D eigenvalue weighted by Gasteiger charge is -2.11. The van der Waals surface area contributed by atoms with E-state index in [4.69, 9.17) is 0 Å². The van der Waals surface area contributed by atoms with Gasteiger partial charge in [0, 0.05) is 32.1 Å². The fourth-order valence-electron chi connectivity index (χ4n) is 1.83. The second-order valence-electron chi connectivity index (χ2n) is 4.48. The zero-order chi connectivity index (χ0) is 12.4. The monoisotopic (exact) mass is 227 g/mol. The quantitative estimate of drug-likeness (QED) is 0.790. The summed E-state index contributed by atoms with van der Waals surface area (Å²) in [5.74, 6) is 0.735. The van der Waals surface area contributed by atoms with E-state index in [0.717, 1.165) is 11.5 Å². The van der Waals surface area contributed by atoms with Crippen LogP contribution in [0.15, 0.2) is 30.6 Å². The molecule has 0 fully saturated rings. The van der Waals surface area contributed by atoms with Gasteiger partial charge in [-0.3, -0.25) is 0 Å². The van der Waals surface area contributed by atoms with Crippen molar-refractivity contribution in [2.24, 2.45) is 0 Å². The van der Waals surface area contributed by atoms with E-state index in [-0.39, 0.29) is 0 Å². The first-order valence-corrected chi connectivity index (χ1v) is 5.65. The minimum absolute atomic E-state index is 0.735. The van der Waals surface area contributed by atoms with Crippen molar-refractivity contribution >= 4 is 5.95 Å². The van der Waals surface area contributed by atoms with Gasteiger partial charge >= 0.3 is 0 Å². The van der Waals surface area contributed by atoms with E-state index in [1.165, 1.54) is 16.7 Å². The molecule has 0 spiro atoms. The van der Waals surface area contributed by atoms with E-state index < -0.39 is 0 Å². The summed E-state index contributed by atoms with van der Waals surface area (Å²) >= 11 is 0. The van der Waals surface area contributed by atoms with Crippen molar-refractivity contribution in [1.29, 1.82) is 0 Å². The van der Waals surface area contributed by atoms with Crippen LogP contribution < -0.4 is 4.90 Å². The molecule has 0 atom stereocenters. The molecule has 1 aromatic carbocycles. The fraction of sp³-hybridized carbons (Fsp3) is 0.286. The van der Waals surface area contributed by atoms with Gasteiger partial charge in [-0.15, -0.1) is 0 Å². The molecular weight excluding hydrogens is 210 g/mol. The Balaban J connectivity index is 2.40. The summed E-state index contributed by atoms with van der Waals surface area (Å²) in [6.45, 7) is 4.21. The minimum atomic E-state index is 0.735. The lowest BCUT2D eigenvalue weighted by molar-refractivity contribution is 0.999. The molecule has 0 aliphatic rings. The van der Waals surface area contributed by atoms with Gasteiger partial charge in [0.15, 0.2) is 0 Å². The lowest BCUT2D eigenvalue weighted by Crippen LogP contribution is -2.12. The Morgan fingerprint density at radius 2 is 1.65 bits per heavy atom. The van der Waals surface area contributed by atoms with Gasteiger partial charge in [0.05, 0.1) is 0 Å². The van der Waals surface area contributed by atoms with Crippen LogP contribution in [-0.4, -0.2) is 24.1 Å². The Kier molecular flexibility index (Phi) is 3.09. The standard InChI is InChI=1S/C14H17N3/c1-10-5-6-13(11(2)7-10)12-8-15-14(16-9-12)17(3)4/h5-9H,1-4H3. The SMILES string of the molecule is Cc1ccc(-c2cnc(N(C)C)nc2)c(C)c1. The smallest absolute Gasteiger partial charge is 0.224 e. The van der Waals surface area contributed by atoms with Crippen molar-refractivity contribution in [2.75, 3.05) is 19.0 Å². The Hall–Kier alpha value is -1.90. The molecule has 0 saturated heterocycles. The molecular formula is C14H17N3. The van der Waals surface area contributed by atoms with E-state index in [9.17, 15) is 0 Å². The van der Waals surface area contributed by atoms with Crippen LogP contribution in [0.4, 0.5) is 5.95 Å². The van der Waals surface area contributed by atoms with Gasteiger partial charge in [-0.25, -0.2) is 9.97 Å². The van der Waals surface area contributed by atoms with Crippen molar-refractivity contribution in [2.45, 2.75) is 13.8 Å². The molecule has 0 aliphatic heterocycles.